The smallest absolute Gasteiger partial charge is 0.123 e. The van der Waals surface area contributed by atoms with Crippen molar-refractivity contribution in [2.45, 2.75) is 32.7 Å². The van der Waals surface area contributed by atoms with Gasteiger partial charge in [-0.3, -0.25) is 0 Å². The van der Waals surface area contributed by atoms with E-state index in [-0.39, 0.29) is 0 Å². The van der Waals surface area contributed by atoms with E-state index in [1.807, 2.05) is 6.07 Å². The van der Waals surface area contributed by atoms with Crippen LogP contribution in [0.5, 0.6) is 5.75 Å². The van der Waals surface area contributed by atoms with Crippen LogP contribution in [0.1, 0.15) is 30.4 Å². The lowest BCUT2D eigenvalue weighted by Crippen LogP contribution is -2.26. The predicted molar refractivity (Wildman–Crippen MR) is 77.4 cm³/mol. The topological polar surface area (TPSA) is 41.5 Å². The van der Waals surface area contributed by atoms with Crippen molar-refractivity contribution >= 4 is 0 Å². The van der Waals surface area contributed by atoms with E-state index >= 15 is 0 Å². The van der Waals surface area contributed by atoms with Crippen molar-refractivity contribution in [3.05, 3.63) is 29.3 Å². The van der Waals surface area contributed by atoms with Crippen molar-refractivity contribution in [1.82, 2.24) is 5.32 Å². The highest BCUT2D eigenvalue weighted by molar-refractivity contribution is 5.36. The molecule has 1 aromatic carbocycles. The Morgan fingerprint density at radius 2 is 2.11 bits per heavy atom. The summed E-state index contributed by atoms with van der Waals surface area (Å²) < 4.78 is 5.39. The lowest BCUT2D eigenvalue weighted by Gasteiger charge is -2.18. The zero-order valence-electron chi connectivity index (χ0n) is 12.0. The van der Waals surface area contributed by atoms with Gasteiger partial charge in [0.25, 0.3) is 0 Å². The van der Waals surface area contributed by atoms with Crippen LogP contribution in [0.4, 0.5) is 0 Å². The normalized spacial score (nSPS) is 22.7. The number of aliphatic hydroxyl groups excluding tert-OH is 1. The van der Waals surface area contributed by atoms with Crippen LogP contribution in [0.15, 0.2) is 18.2 Å². The largest absolute Gasteiger partial charge is 0.496 e. The van der Waals surface area contributed by atoms with E-state index in [9.17, 15) is 5.11 Å². The molecule has 0 spiro atoms. The van der Waals surface area contributed by atoms with Crippen LogP contribution >= 0.6 is 0 Å². The van der Waals surface area contributed by atoms with Gasteiger partial charge >= 0.3 is 0 Å². The monoisotopic (exact) mass is 263 g/mol. The lowest BCUT2D eigenvalue weighted by atomic mass is 9.97. The number of aryl methyl sites for hydroxylation is 1. The molecule has 0 radical (unpaired) electrons. The maximum absolute atomic E-state index is 9.32. The number of methoxy groups -OCH3 is 1. The molecule has 0 saturated heterocycles. The molecule has 3 heteroatoms. The van der Waals surface area contributed by atoms with Gasteiger partial charge in [0.05, 0.1) is 7.11 Å². The minimum Gasteiger partial charge on any atom is -0.496 e. The Kier molecular flexibility index (Phi) is 5.23. The summed E-state index contributed by atoms with van der Waals surface area (Å²) in [4.78, 5) is 0. The molecule has 0 bridgehead atoms. The van der Waals surface area contributed by atoms with Crippen molar-refractivity contribution in [3.63, 3.8) is 0 Å². The first-order valence-corrected chi connectivity index (χ1v) is 7.19. The molecule has 1 fully saturated rings. The molecule has 0 amide bonds. The molecule has 3 nitrogen and oxygen atoms in total. The highest BCUT2D eigenvalue weighted by Crippen LogP contribution is 2.30. The van der Waals surface area contributed by atoms with E-state index in [1.165, 1.54) is 30.4 Å². The van der Waals surface area contributed by atoms with Crippen molar-refractivity contribution in [1.29, 1.82) is 0 Å². The summed E-state index contributed by atoms with van der Waals surface area (Å²) in [5, 5.41) is 12.8. The molecule has 0 heterocycles. The maximum Gasteiger partial charge on any atom is 0.123 e. The first kappa shape index (κ1) is 14.4. The SMILES string of the molecule is COc1ccc(C)cc1CNCC1CCCC1CO. The summed E-state index contributed by atoms with van der Waals surface area (Å²) in [5.41, 5.74) is 2.47. The quantitative estimate of drug-likeness (QED) is 0.828. The van der Waals surface area contributed by atoms with Gasteiger partial charge in [-0.1, -0.05) is 24.1 Å². The van der Waals surface area contributed by atoms with Crippen LogP contribution in [0, 0.1) is 18.8 Å². The Labute approximate surface area is 116 Å². The molecule has 2 unspecified atom stereocenters. The number of aliphatic hydroxyl groups is 1. The summed E-state index contributed by atoms with van der Waals surface area (Å²) in [6.07, 6.45) is 3.67. The van der Waals surface area contributed by atoms with Crippen molar-refractivity contribution in [2.75, 3.05) is 20.3 Å². The van der Waals surface area contributed by atoms with Crippen LogP contribution in [-0.4, -0.2) is 25.4 Å². The van der Waals surface area contributed by atoms with Crippen molar-refractivity contribution in [2.24, 2.45) is 11.8 Å². The van der Waals surface area contributed by atoms with Gasteiger partial charge in [0.2, 0.25) is 0 Å². The highest BCUT2D eigenvalue weighted by Gasteiger charge is 2.25. The van der Waals surface area contributed by atoms with Crippen LogP contribution in [0.2, 0.25) is 0 Å². The number of nitrogens with one attached hydrogen (secondary N) is 1. The molecule has 0 aromatic heterocycles. The fourth-order valence-electron chi connectivity index (χ4n) is 3.06. The minimum absolute atomic E-state index is 0.333. The van der Waals surface area contributed by atoms with Crippen molar-refractivity contribution in [3.8, 4) is 5.75 Å². The van der Waals surface area contributed by atoms with Gasteiger partial charge in [-0.15, -0.1) is 0 Å². The van der Waals surface area contributed by atoms with Crippen LogP contribution in [0.25, 0.3) is 0 Å². The van der Waals surface area contributed by atoms with Gasteiger partial charge in [0.1, 0.15) is 5.75 Å². The molecule has 1 aromatic rings. The zero-order chi connectivity index (χ0) is 13.7. The lowest BCUT2D eigenvalue weighted by molar-refractivity contribution is 0.192. The first-order valence-electron chi connectivity index (χ1n) is 7.19. The molecular weight excluding hydrogens is 238 g/mol. The predicted octanol–water partition coefficient (Wildman–Crippen LogP) is 2.50. The second-order valence-corrected chi connectivity index (χ2v) is 5.58. The average Bonchev–Trinajstić information content (AvgIpc) is 2.86. The van der Waals surface area contributed by atoms with E-state index in [4.69, 9.17) is 4.74 Å². The highest BCUT2D eigenvalue weighted by atomic mass is 16.5. The molecule has 106 valence electrons. The van der Waals surface area contributed by atoms with Gasteiger partial charge in [0, 0.05) is 18.7 Å². The molecule has 0 aliphatic heterocycles. The fourth-order valence-corrected chi connectivity index (χ4v) is 3.06. The van der Waals surface area contributed by atoms with Crippen LogP contribution in [-0.2, 0) is 6.54 Å². The zero-order valence-corrected chi connectivity index (χ0v) is 12.0. The summed E-state index contributed by atoms with van der Waals surface area (Å²) in [6, 6.07) is 6.27. The van der Waals surface area contributed by atoms with Gasteiger partial charge in [-0.25, -0.2) is 0 Å². The molecule has 19 heavy (non-hydrogen) atoms. The van der Waals surface area contributed by atoms with Gasteiger partial charge in [-0.2, -0.15) is 0 Å². The summed E-state index contributed by atoms with van der Waals surface area (Å²) >= 11 is 0. The summed E-state index contributed by atoms with van der Waals surface area (Å²) in [5.74, 6) is 2.07. The molecule has 1 aliphatic carbocycles. The Morgan fingerprint density at radius 3 is 2.84 bits per heavy atom. The first-order chi connectivity index (χ1) is 9.24. The maximum atomic E-state index is 9.32. The molecule has 2 rings (SSSR count). The molecule has 2 N–H and O–H groups in total. The third-order valence-corrected chi connectivity index (χ3v) is 4.21. The average molecular weight is 263 g/mol. The Morgan fingerprint density at radius 1 is 1.32 bits per heavy atom. The number of hydrogen-bond acceptors (Lipinski definition) is 3. The van der Waals surface area contributed by atoms with Gasteiger partial charge < -0.3 is 15.2 Å². The van der Waals surface area contributed by atoms with E-state index in [0.29, 0.717) is 18.4 Å². The minimum atomic E-state index is 0.333. The fraction of sp³-hybridized carbons (Fsp3) is 0.625. The van der Waals surface area contributed by atoms with E-state index in [1.54, 1.807) is 7.11 Å². The Bertz CT molecular complexity index is 406. The van der Waals surface area contributed by atoms with Gasteiger partial charge in [0.15, 0.2) is 0 Å². The standard InChI is InChI=1S/C16H25NO2/c1-12-6-7-16(19-2)15(8-12)10-17-9-13-4-3-5-14(13)11-18/h6-8,13-14,17-18H,3-5,9-11H2,1-2H3. The number of benzene rings is 1. The van der Waals surface area contributed by atoms with Crippen LogP contribution in [0.3, 0.4) is 0 Å². The second kappa shape index (κ2) is 6.92. The third kappa shape index (κ3) is 3.71. The Hall–Kier alpha value is -1.06. The number of rotatable bonds is 6. The van der Waals surface area contributed by atoms with Gasteiger partial charge in [-0.05, 0) is 44.2 Å². The second-order valence-electron chi connectivity index (χ2n) is 5.58. The van der Waals surface area contributed by atoms with E-state index in [0.717, 1.165) is 18.8 Å². The van der Waals surface area contributed by atoms with E-state index in [2.05, 4.69) is 24.4 Å². The van der Waals surface area contributed by atoms with Crippen molar-refractivity contribution < 1.29 is 9.84 Å². The van der Waals surface area contributed by atoms with Crippen LogP contribution < -0.4 is 10.1 Å². The number of ether oxygens (including phenoxy) is 1. The third-order valence-electron chi connectivity index (χ3n) is 4.21. The Balaban J connectivity index is 1.87. The molecule has 1 aliphatic rings. The molecule has 2 atom stereocenters. The summed E-state index contributed by atoms with van der Waals surface area (Å²) in [6.45, 7) is 4.25. The molecule has 1 saturated carbocycles. The number of hydrogen-bond donors (Lipinski definition) is 2. The molecular formula is C16H25NO2. The van der Waals surface area contributed by atoms with E-state index < -0.39 is 0 Å². The summed E-state index contributed by atoms with van der Waals surface area (Å²) in [7, 11) is 1.72.